The summed E-state index contributed by atoms with van der Waals surface area (Å²) in [6.07, 6.45) is 0. The number of ether oxygens (including phenoxy) is 1. The number of benzene rings is 1. The van der Waals surface area contributed by atoms with Crippen LogP contribution in [0.3, 0.4) is 0 Å². The minimum atomic E-state index is 0.0217. The molecule has 0 saturated heterocycles. The summed E-state index contributed by atoms with van der Waals surface area (Å²) in [6.45, 7) is 6.22. The lowest BCUT2D eigenvalue weighted by Gasteiger charge is -2.19. The third kappa shape index (κ3) is 2.64. The lowest BCUT2D eigenvalue weighted by atomic mass is 9.93. The molecule has 3 heteroatoms. The van der Waals surface area contributed by atoms with E-state index in [4.69, 9.17) is 22.1 Å². The summed E-state index contributed by atoms with van der Waals surface area (Å²) in [4.78, 5) is 0. The van der Waals surface area contributed by atoms with Crippen LogP contribution in [0.5, 0.6) is 5.75 Å². The maximum absolute atomic E-state index is 6.10. The van der Waals surface area contributed by atoms with Gasteiger partial charge < -0.3 is 10.5 Å². The average molecular weight is 228 g/mol. The molecule has 2 nitrogen and oxygen atoms in total. The molecule has 2 N–H and O–H groups in total. The SMILES string of the molecule is COc1cc(C)c(C(N)C(C)C)cc1Cl. The molecule has 0 amide bonds. The fourth-order valence-corrected chi connectivity index (χ4v) is 1.79. The topological polar surface area (TPSA) is 35.2 Å². The van der Waals surface area contributed by atoms with E-state index >= 15 is 0 Å². The fourth-order valence-electron chi connectivity index (χ4n) is 1.55. The second kappa shape index (κ2) is 4.86. The van der Waals surface area contributed by atoms with Crippen LogP contribution in [0.1, 0.15) is 31.0 Å². The van der Waals surface area contributed by atoms with Gasteiger partial charge in [-0.05, 0) is 36.1 Å². The van der Waals surface area contributed by atoms with Crippen LogP contribution >= 0.6 is 11.6 Å². The largest absolute Gasteiger partial charge is 0.495 e. The van der Waals surface area contributed by atoms with Crippen LogP contribution in [0, 0.1) is 12.8 Å². The third-order valence-electron chi connectivity index (χ3n) is 2.62. The van der Waals surface area contributed by atoms with Gasteiger partial charge in [0.2, 0.25) is 0 Å². The van der Waals surface area contributed by atoms with Gasteiger partial charge in [-0.2, -0.15) is 0 Å². The van der Waals surface area contributed by atoms with Crippen molar-refractivity contribution < 1.29 is 4.74 Å². The number of halogens is 1. The van der Waals surface area contributed by atoms with Crippen molar-refractivity contribution in [1.82, 2.24) is 0 Å². The van der Waals surface area contributed by atoms with Crippen molar-refractivity contribution in [1.29, 1.82) is 0 Å². The van der Waals surface area contributed by atoms with Gasteiger partial charge in [-0.15, -0.1) is 0 Å². The van der Waals surface area contributed by atoms with E-state index in [1.54, 1.807) is 7.11 Å². The Labute approximate surface area is 96.4 Å². The lowest BCUT2D eigenvalue weighted by molar-refractivity contribution is 0.414. The molecule has 0 aromatic heterocycles. The van der Waals surface area contributed by atoms with Crippen LogP contribution < -0.4 is 10.5 Å². The van der Waals surface area contributed by atoms with E-state index in [9.17, 15) is 0 Å². The Morgan fingerprint density at radius 2 is 1.93 bits per heavy atom. The van der Waals surface area contributed by atoms with Crippen LogP contribution in [0.2, 0.25) is 5.02 Å². The van der Waals surface area contributed by atoms with Crippen molar-refractivity contribution >= 4 is 11.6 Å². The van der Waals surface area contributed by atoms with Gasteiger partial charge in [0.05, 0.1) is 12.1 Å². The van der Waals surface area contributed by atoms with Gasteiger partial charge in [0, 0.05) is 6.04 Å². The molecular weight excluding hydrogens is 210 g/mol. The Morgan fingerprint density at radius 1 is 1.33 bits per heavy atom. The molecule has 0 aliphatic carbocycles. The number of hydrogen-bond donors (Lipinski definition) is 1. The summed E-state index contributed by atoms with van der Waals surface area (Å²) < 4.78 is 5.15. The minimum Gasteiger partial charge on any atom is -0.495 e. The molecule has 1 rings (SSSR count). The molecule has 1 aromatic rings. The van der Waals surface area contributed by atoms with Gasteiger partial charge in [0.25, 0.3) is 0 Å². The molecule has 15 heavy (non-hydrogen) atoms. The molecular formula is C12H18ClNO. The van der Waals surface area contributed by atoms with Crippen molar-refractivity contribution in [3.8, 4) is 5.75 Å². The molecule has 1 unspecified atom stereocenters. The lowest BCUT2D eigenvalue weighted by Crippen LogP contribution is -2.17. The van der Waals surface area contributed by atoms with Crippen molar-refractivity contribution in [3.63, 3.8) is 0 Å². The predicted octanol–water partition coefficient (Wildman–Crippen LogP) is 3.31. The summed E-state index contributed by atoms with van der Waals surface area (Å²) in [7, 11) is 1.61. The van der Waals surface area contributed by atoms with Crippen molar-refractivity contribution in [2.24, 2.45) is 11.7 Å². The van der Waals surface area contributed by atoms with Crippen LogP contribution in [0.25, 0.3) is 0 Å². The van der Waals surface area contributed by atoms with E-state index < -0.39 is 0 Å². The monoisotopic (exact) mass is 227 g/mol. The summed E-state index contributed by atoms with van der Waals surface area (Å²) >= 11 is 6.07. The number of nitrogens with two attached hydrogens (primary N) is 1. The highest BCUT2D eigenvalue weighted by Gasteiger charge is 2.15. The van der Waals surface area contributed by atoms with Gasteiger partial charge in [-0.25, -0.2) is 0 Å². The zero-order valence-corrected chi connectivity index (χ0v) is 10.4. The maximum Gasteiger partial charge on any atom is 0.137 e. The molecule has 0 radical (unpaired) electrons. The van der Waals surface area contributed by atoms with Crippen molar-refractivity contribution in [2.45, 2.75) is 26.8 Å². The van der Waals surface area contributed by atoms with Gasteiger partial charge in [-0.1, -0.05) is 25.4 Å². The summed E-state index contributed by atoms with van der Waals surface area (Å²) in [6, 6.07) is 3.86. The van der Waals surface area contributed by atoms with Crippen LogP contribution in [-0.4, -0.2) is 7.11 Å². The van der Waals surface area contributed by atoms with E-state index in [1.807, 2.05) is 19.1 Å². The standard InChI is InChI=1S/C12H18ClNO/c1-7(2)12(14)9-6-10(13)11(15-4)5-8(9)3/h5-7,12H,14H2,1-4H3. The first-order valence-corrected chi connectivity index (χ1v) is 5.44. The van der Waals surface area contributed by atoms with E-state index in [0.29, 0.717) is 16.7 Å². The van der Waals surface area contributed by atoms with Gasteiger partial charge in [0.15, 0.2) is 0 Å². The quantitative estimate of drug-likeness (QED) is 0.860. The fraction of sp³-hybridized carbons (Fsp3) is 0.500. The number of rotatable bonds is 3. The zero-order valence-electron chi connectivity index (χ0n) is 9.67. The molecule has 84 valence electrons. The van der Waals surface area contributed by atoms with Crippen molar-refractivity contribution in [2.75, 3.05) is 7.11 Å². The zero-order chi connectivity index (χ0) is 11.6. The Balaban J connectivity index is 3.15. The van der Waals surface area contributed by atoms with Crippen LogP contribution in [0.4, 0.5) is 0 Å². The van der Waals surface area contributed by atoms with Crippen LogP contribution in [-0.2, 0) is 0 Å². The highest BCUT2D eigenvalue weighted by Crippen LogP contribution is 2.32. The smallest absolute Gasteiger partial charge is 0.137 e. The molecule has 1 atom stereocenters. The van der Waals surface area contributed by atoms with Gasteiger partial charge in [-0.3, -0.25) is 0 Å². The highest BCUT2D eigenvalue weighted by molar-refractivity contribution is 6.32. The Morgan fingerprint density at radius 3 is 2.40 bits per heavy atom. The Kier molecular flexibility index (Phi) is 4.00. The third-order valence-corrected chi connectivity index (χ3v) is 2.91. The maximum atomic E-state index is 6.10. The molecule has 0 bridgehead atoms. The molecule has 0 aliphatic heterocycles. The van der Waals surface area contributed by atoms with E-state index in [-0.39, 0.29) is 6.04 Å². The molecule has 0 heterocycles. The molecule has 0 aliphatic rings. The molecule has 0 fully saturated rings. The second-order valence-electron chi connectivity index (χ2n) is 4.11. The first-order valence-electron chi connectivity index (χ1n) is 5.07. The first-order chi connectivity index (χ1) is 6.97. The highest BCUT2D eigenvalue weighted by atomic mass is 35.5. The van der Waals surface area contributed by atoms with Crippen molar-refractivity contribution in [3.05, 3.63) is 28.3 Å². The summed E-state index contributed by atoms with van der Waals surface area (Å²) in [5.41, 5.74) is 8.32. The minimum absolute atomic E-state index is 0.0217. The van der Waals surface area contributed by atoms with E-state index in [2.05, 4.69) is 13.8 Å². The van der Waals surface area contributed by atoms with E-state index in [0.717, 1.165) is 11.1 Å². The Bertz CT molecular complexity index is 350. The molecule has 0 saturated carbocycles. The van der Waals surface area contributed by atoms with E-state index in [1.165, 1.54) is 0 Å². The number of hydrogen-bond acceptors (Lipinski definition) is 2. The predicted molar refractivity (Wildman–Crippen MR) is 64.5 cm³/mol. The molecule has 1 aromatic carbocycles. The summed E-state index contributed by atoms with van der Waals surface area (Å²) in [5.74, 6) is 1.10. The summed E-state index contributed by atoms with van der Waals surface area (Å²) in [5, 5.41) is 0.620. The van der Waals surface area contributed by atoms with Gasteiger partial charge >= 0.3 is 0 Å². The molecule has 0 spiro atoms. The Hall–Kier alpha value is -0.730. The average Bonchev–Trinajstić information content (AvgIpc) is 2.19. The number of aryl methyl sites for hydroxylation is 1. The normalized spacial score (nSPS) is 13.0. The second-order valence-corrected chi connectivity index (χ2v) is 4.52. The number of methoxy groups -OCH3 is 1. The first kappa shape index (κ1) is 12.3. The van der Waals surface area contributed by atoms with Gasteiger partial charge in [0.1, 0.15) is 5.75 Å². The van der Waals surface area contributed by atoms with Crippen LogP contribution in [0.15, 0.2) is 12.1 Å².